The van der Waals surface area contributed by atoms with Crippen LogP contribution in [0.25, 0.3) is 0 Å². The molecule has 1 N–H and O–H groups in total. The van der Waals surface area contributed by atoms with Crippen LogP contribution in [-0.4, -0.2) is 20.1 Å². The summed E-state index contributed by atoms with van der Waals surface area (Å²) in [5, 5.41) is 3.05. The zero-order valence-corrected chi connectivity index (χ0v) is 13.2. The molecule has 0 spiro atoms. The molecule has 2 rings (SSSR count). The van der Waals surface area contributed by atoms with Crippen LogP contribution in [0.15, 0.2) is 18.2 Å². The fourth-order valence-electron chi connectivity index (χ4n) is 3.11. The van der Waals surface area contributed by atoms with E-state index in [0.717, 1.165) is 43.1 Å². The molecule has 20 heavy (non-hydrogen) atoms. The van der Waals surface area contributed by atoms with Crippen LogP contribution in [0.4, 0.5) is 10.1 Å². The highest BCUT2D eigenvalue weighted by molar-refractivity contribution is 5.49. The van der Waals surface area contributed by atoms with Crippen molar-refractivity contribution in [3.63, 3.8) is 0 Å². The average Bonchev–Trinajstić information content (AvgIpc) is 2.38. The molecule has 0 aliphatic carbocycles. The first-order valence-corrected chi connectivity index (χ1v) is 7.60. The molecule has 1 aromatic carbocycles. The first-order chi connectivity index (χ1) is 9.41. The number of hydrogen-bond donors (Lipinski definition) is 1. The van der Waals surface area contributed by atoms with Gasteiger partial charge in [-0.1, -0.05) is 26.8 Å². The minimum absolute atomic E-state index is 0.0908. The summed E-state index contributed by atoms with van der Waals surface area (Å²) < 4.78 is 14.2. The first-order valence-electron chi connectivity index (χ1n) is 7.60. The molecule has 0 radical (unpaired) electrons. The Morgan fingerprint density at radius 2 is 1.90 bits per heavy atom. The van der Waals surface area contributed by atoms with Gasteiger partial charge in [-0.05, 0) is 48.9 Å². The van der Waals surface area contributed by atoms with Gasteiger partial charge in [0.25, 0.3) is 0 Å². The second-order valence-electron chi connectivity index (χ2n) is 6.94. The lowest BCUT2D eigenvalue weighted by Gasteiger charge is -2.39. The van der Waals surface area contributed by atoms with Gasteiger partial charge < -0.3 is 10.2 Å². The van der Waals surface area contributed by atoms with E-state index in [1.807, 2.05) is 19.2 Å². The van der Waals surface area contributed by atoms with E-state index in [9.17, 15) is 4.39 Å². The normalized spacial score (nSPS) is 17.6. The van der Waals surface area contributed by atoms with E-state index in [1.54, 1.807) is 6.07 Å². The Hall–Kier alpha value is -1.09. The van der Waals surface area contributed by atoms with E-state index >= 15 is 0 Å². The third kappa shape index (κ3) is 3.51. The Balaban J connectivity index is 2.03. The standard InChI is InChI=1S/C17H27FN2/c1-17(2,3)14-7-9-20(10-8-14)16-6-5-13(12-19-4)11-15(16)18/h5-6,11,14,19H,7-10,12H2,1-4H3. The average molecular weight is 278 g/mol. The number of anilines is 1. The first kappa shape index (κ1) is 15.3. The van der Waals surface area contributed by atoms with Crippen LogP contribution in [0.1, 0.15) is 39.2 Å². The Kier molecular flexibility index (Phi) is 4.69. The molecule has 0 unspecified atom stereocenters. The van der Waals surface area contributed by atoms with Crippen molar-refractivity contribution in [2.24, 2.45) is 11.3 Å². The molecule has 0 bridgehead atoms. The minimum atomic E-state index is -0.0908. The highest BCUT2D eigenvalue weighted by Crippen LogP contribution is 2.36. The fraction of sp³-hybridized carbons (Fsp3) is 0.647. The molecule has 0 aromatic heterocycles. The molecule has 0 amide bonds. The van der Waals surface area contributed by atoms with Crippen molar-refractivity contribution in [1.82, 2.24) is 5.32 Å². The molecule has 3 heteroatoms. The number of nitrogens with one attached hydrogen (secondary N) is 1. The Labute approximate surface area is 122 Å². The summed E-state index contributed by atoms with van der Waals surface area (Å²) in [7, 11) is 1.88. The second kappa shape index (κ2) is 6.13. The molecule has 0 saturated carbocycles. The van der Waals surface area contributed by atoms with Crippen LogP contribution >= 0.6 is 0 Å². The molecule has 1 saturated heterocycles. The maximum atomic E-state index is 14.2. The summed E-state index contributed by atoms with van der Waals surface area (Å²) in [5.74, 6) is 0.650. The van der Waals surface area contributed by atoms with Crippen molar-refractivity contribution in [3.8, 4) is 0 Å². The lowest BCUT2D eigenvalue weighted by atomic mass is 9.75. The molecule has 2 nitrogen and oxygen atoms in total. The molecule has 0 atom stereocenters. The smallest absolute Gasteiger partial charge is 0.146 e. The van der Waals surface area contributed by atoms with Gasteiger partial charge in [-0.3, -0.25) is 0 Å². The van der Waals surface area contributed by atoms with Crippen LogP contribution in [0.3, 0.4) is 0 Å². The van der Waals surface area contributed by atoms with Crippen LogP contribution < -0.4 is 10.2 Å². The molecule has 1 heterocycles. The maximum absolute atomic E-state index is 14.2. The molecular formula is C17H27FN2. The van der Waals surface area contributed by atoms with Crippen molar-refractivity contribution in [2.75, 3.05) is 25.0 Å². The van der Waals surface area contributed by atoms with Crippen LogP contribution in [-0.2, 0) is 6.54 Å². The highest BCUT2D eigenvalue weighted by Gasteiger charge is 2.29. The summed E-state index contributed by atoms with van der Waals surface area (Å²) in [4.78, 5) is 2.20. The lowest BCUT2D eigenvalue weighted by Crippen LogP contribution is -2.38. The molecule has 1 aliphatic heterocycles. The molecule has 1 aliphatic rings. The molecule has 1 fully saturated rings. The van der Waals surface area contributed by atoms with Crippen molar-refractivity contribution >= 4 is 5.69 Å². The van der Waals surface area contributed by atoms with E-state index in [-0.39, 0.29) is 5.82 Å². The Morgan fingerprint density at radius 3 is 2.40 bits per heavy atom. The quantitative estimate of drug-likeness (QED) is 0.904. The molecular weight excluding hydrogens is 251 g/mol. The maximum Gasteiger partial charge on any atom is 0.146 e. The Bertz CT molecular complexity index is 443. The number of rotatable bonds is 3. The predicted octanol–water partition coefficient (Wildman–Crippen LogP) is 3.81. The van der Waals surface area contributed by atoms with Gasteiger partial charge in [-0.15, -0.1) is 0 Å². The van der Waals surface area contributed by atoms with Gasteiger partial charge >= 0.3 is 0 Å². The van der Waals surface area contributed by atoms with Crippen LogP contribution in [0, 0.1) is 17.2 Å². The topological polar surface area (TPSA) is 15.3 Å². The summed E-state index contributed by atoms with van der Waals surface area (Å²) in [6.07, 6.45) is 2.31. The van der Waals surface area contributed by atoms with E-state index in [4.69, 9.17) is 0 Å². The van der Waals surface area contributed by atoms with E-state index in [2.05, 4.69) is 31.0 Å². The number of hydrogen-bond acceptors (Lipinski definition) is 2. The molecule has 1 aromatic rings. The summed E-state index contributed by atoms with van der Waals surface area (Å²) >= 11 is 0. The van der Waals surface area contributed by atoms with E-state index in [1.165, 1.54) is 0 Å². The van der Waals surface area contributed by atoms with Crippen molar-refractivity contribution in [3.05, 3.63) is 29.6 Å². The largest absolute Gasteiger partial charge is 0.369 e. The SMILES string of the molecule is CNCc1ccc(N2CCC(C(C)(C)C)CC2)c(F)c1. The number of halogens is 1. The third-order valence-corrected chi connectivity index (χ3v) is 4.45. The minimum Gasteiger partial charge on any atom is -0.369 e. The zero-order valence-electron chi connectivity index (χ0n) is 13.2. The van der Waals surface area contributed by atoms with Crippen LogP contribution in [0.2, 0.25) is 0 Å². The number of piperidine rings is 1. The number of nitrogens with zero attached hydrogens (tertiary/aromatic N) is 1. The monoisotopic (exact) mass is 278 g/mol. The van der Waals surface area contributed by atoms with Gasteiger partial charge in [-0.2, -0.15) is 0 Å². The van der Waals surface area contributed by atoms with Gasteiger partial charge in [0.05, 0.1) is 5.69 Å². The highest BCUT2D eigenvalue weighted by atomic mass is 19.1. The van der Waals surface area contributed by atoms with E-state index in [0.29, 0.717) is 12.0 Å². The third-order valence-electron chi connectivity index (χ3n) is 4.45. The van der Waals surface area contributed by atoms with Gasteiger partial charge in [-0.25, -0.2) is 4.39 Å². The number of benzene rings is 1. The van der Waals surface area contributed by atoms with Gasteiger partial charge in [0.2, 0.25) is 0 Å². The summed E-state index contributed by atoms with van der Waals surface area (Å²) in [5.41, 5.74) is 2.12. The predicted molar refractivity (Wildman–Crippen MR) is 83.6 cm³/mol. The van der Waals surface area contributed by atoms with Crippen molar-refractivity contribution in [2.45, 2.75) is 40.2 Å². The van der Waals surface area contributed by atoms with Crippen molar-refractivity contribution < 1.29 is 4.39 Å². The summed E-state index contributed by atoms with van der Waals surface area (Å²) in [6, 6.07) is 5.60. The van der Waals surface area contributed by atoms with Crippen LogP contribution in [0.5, 0.6) is 0 Å². The van der Waals surface area contributed by atoms with Crippen molar-refractivity contribution in [1.29, 1.82) is 0 Å². The van der Waals surface area contributed by atoms with Gasteiger partial charge in [0.15, 0.2) is 0 Å². The zero-order chi connectivity index (χ0) is 14.8. The second-order valence-corrected chi connectivity index (χ2v) is 6.94. The summed E-state index contributed by atoms with van der Waals surface area (Å²) in [6.45, 7) is 9.55. The molecule has 112 valence electrons. The Morgan fingerprint density at radius 1 is 1.25 bits per heavy atom. The van der Waals surface area contributed by atoms with Gasteiger partial charge in [0, 0.05) is 19.6 Å². The lowest BCUT2D eigenvalue weighted by molar-refractivity contribution is 0.198. The fourth-order valence-corrected chi connectivity index (χ4v) is 3.11. The van der Waals surface area contributed by atoms with E-state index < -0.39 is 0 Å². The van der Waals surface area contributed by atoms with Gasteiger partial charge in [0.1, 0.15) is 5.82 Å².